The van der Waals surface area contributed by atoms with Gasteiger partial charge in [-0.15, -0.1) is 0 Å². The number of H-pyrrole nitrogens is 1. The fourth-order valence-electron chi connectivity index (χ4n) is 3.47. The molecule has 1 N–H and O–H groups in total. The molecule has 0 saturated carbocycles. The molecule has 1 atom stereocenters. The third kappa shape index (κ3) is 4.54. The molecular weight excluding hydrogens is 388 g/mol. The summed E-state index contributed by atoms with van der Waals surface area (Å²) in [5.74, 6) is -1.51. The zero-order valence-corrected chi connectivity index (χ0v) is 17.4. The zero-order chi connectivity index (χ0) is 21.7. The van der Waals surface area contributed by atoms with E-state index in [9.17, 15) is 14.4 Å². The summed E-state index contributed by atoms with van der Waals surface area (Å²) < 4.78 is 16.1. The van der Waals surface area contributed by atoms with Crippen molar-refractivity contribution in [3.63, 3.8) is 0 Å². The largest absolute Gasteiger partial charge is 0.461 e. The fraction of sp³-hybridized carbons (Fsp3) is 0.409. The zero-order valence-electron chi connectivity index (χ0n) is 17.4. The molecular formula is C22H26N2O6. The van der Waals surface area contributed by atoms with Gasteiger partial charge in [-0.25, -0.2) is 9.59 Å². The smallest absolute Gasteiger partial charge is 0.355 e. The first-order chi connectivity index (χ1) is 14.4. The van der Waals surface area contributed by atoms with Crippen molar-refractivity contribution in [3.8, 4) is 0 Å². The Kier molecular flexibility index (Phi) is 6.89. The third-order valence-electron chi connectivity index (χ3n) is 5.00. The number of ether oxygens (including phenoxy) is 3. The molecule has 0 unspecified atom stereocenters. The second kappa shape index (κ2) is 9.58. The van der Waals surface area contributed by atoms with E-state index in [4.69, 9.17) is 14.2 Å². The summed E-state index contributed by atoms with van der Waals surface area (Å²) >= 11 is 0. The van der Waals surface area contributed by atoms with E-state index in [1.54, 1.807) is 49.9 Å². The summed E-state index contributed by atoms with van der Waals surface area (Å²) in [7, 11) is 0. The van der Waals surface area contributed by atoms with Gasteiger partial charge in [-0.1, -0.05) is 30.3 Å². The number of esters is 2. The molecule has 1 amide bonds. The monoisotopic (exact) mass is 414 g/mol. The molecule has 1 aromatic carbocycles. The normalized spacial score (nSPS) is 14.8. The van der Waals surface area contributed by atoms with Crippen molar-refractivity contribution in [2.45, 2.75) is 26.9 Å². The van der Waals surface area contributed by atoms with Gasteiger partial charge in [0.15, 0.2) is 0 Å². The minimum Gasteiger partial charge on any atom is -0.461 e. The number of hydrogen-bond acceptors (Lipinski definition) is 6. The third-order valence-corrected chi connectivity index (χ3v) is 5.00. The van der Waals surface area contributed by atoms with E-state index in [1.807, 2.05) is 6.07 Å². The van der Waals surface area contributed by atoms with Crippen LogP contribution in [0.15, 0.2) is 30.3 Å². The number of carbonyl (C=O) groups excluding carboxylic acids is 3. The number of nitrogens with zero attached hydrogens (tertiary/aromatic N) is 1. The van der Waals surface area contributed by atoms with Crippen LogP contribution >= 0.6 is 0 Å². The summed E-state index contributed by atoms with van der Waals surface area (Å²) in [5.41, 5.74) is 1.93. The predicted octanol–water partition coefficient (Wildman–Crippen LogP) is 2.57. The molecule has 0 spiro atoms. The number of rotatable bonds is 6. The van der Waals surface area contributed by atoms with E-state index in [-0.39, 0.29) is 23.8 Å². The van der Waals surface area contributed by atoms with E-state index in [1.165, 1.54) is 0 Å². The van der Waals surface area contributed by atoms with Crippen LogP contribution in [-0.2, 0) is 19.0 Å². The van der Waals surface area contributed by atoms with E-state index in [0.29, 0.717) is 43.1 Å². The Morgan fingerprint density at radius 3 is 2.40 bits per heavy atom. The minimum atomic E-state index is -1.09. The number of benzene rings is 1. The second-order valence-corrected chi connectivity index (χ2v) is 6.98. The van der Waals surface area contributed by atoms with Crippen molar-refractivity contribution < 1.29 is 28.6 Å². The summed E-state index contributed by atoms with van der Waals surface area (Å²) in [5, 5.41) is 0. The van der Waals surface area contributed by atoms with Crippen LogP contribution in [0.25, 0.3) is 0 Å². The first-order valence-corrected chi connectivity index (χ1v) is 9.92. The summed E-state index contributed by atoms with van der Waals surface area (Å²) in [6.45, 7) is 7.02. The predicted molar refractivity (Wildman–Crippen MR) is 108 cm³/mol. The van der Waals surface area contributed by atoms with Gasteiger partial charge in [0.05, 0.1) is 25.4 Å². The standard InChI is InChI=1S/C22H26N2O6/c1-4-29-22(27)18-14(2)17(15(3)23-18)21(26)30-19(16-8-6-5-7-9-16)20(25)24-10-12-28-13-11-24/h5-9,19,23H,4,10-13H2,1-3H3/t19-/m0/s1. The number of carbonyl (C=O) groups is 3. The first kappa shape index (κ1) is 21.6. The van der Waals surface area contributed by atoms with Gasteiger partial charge in [-0.05, 0) is 26.3 Å². The van der Waals surface area contributed by atoms with E-state index < -0.39 is 18.0 Å². The van der Waals surface area contributed by atoms with Crippen LogP contribution in [0.5, 0.6) is 0 Å². The highest BCUT2D eigenvalue weighted by Crippen LogP contribution is 2.26. The Morgan fingerprint density at radius 1 is 1.10 bits per heavy atom. The molecule has 2 heterocycles. The number of hydrogen-bond donors (Lipinski definition) is 1. The lowest BCUT2D eigenvalue weighted by atomic mass is 10.1. The van der Waals surface area contributed by atoms with Crippen molar-refractivity contribution in [1.29, 1.82) is 0 Å². The van der Waals surface area contributed by atoms with Crippen LogP contribution in [-0.4, -0.2) is 60.6 Å². The highest BCUT2D eigenvalue weighted by atomic mass is 16.6. The molecule has 30 heavy (non-hydrogen) atoms. The number of amides is 1. The minimum absolute atomic E-state index is 0.206. The number of morpholine rings is 1. The summed E-state index contributed by atoms with van der Waals surface area (Å²) in [4.78, 5) is 42.9. The average molecular weight is 414 g/mol. The molecule has 8 nitrogen and oxygen atoms in total. The van der Waals surface area contributed by atoms with Gasteiger partial charge in [0.2, 0.25) is 6.10 Å². The van der Waals surface area contributed by atoms with E-state index >= 15 is 0 Å². The Morgan fingerprint density at radius 2 is 1.77 bits per heavy atom. The maximum Gasteiger partial charge on any atom is 0.355 e. The molecule has 0 bridgehead atoms. The number of aromatic amines is 1. The molecule has 2 aromatic rings. The quantitative estimate of drug-likeness (QED) is 0.730. The molecule has 8 heteroatoms. The Hall–Kier alpha value is -3.13. The van der Waals surface area contributed by atoms with Crippen LogP contribution in [0.2, 0.25) is 0 Å². The van der Waals surface area contributed by atoms with Gasteiger partial charge in [0, 0.05) is 24.3 Å². The first-order valence-electron chi connectivity index (χ1n) is 9.92. The SMILES string of the molecule is CCOC(=O)c1[nH]c(C)c(C(=O)O[C@H](C(=O)N2CCOCC2)c2ccccc2)c1C. The lowest BCUT2D eigenvalue weighted by molar-refractivity contribution is -0.145. The second-order valence-electron chi connectivity index (χ2n) is 6.98. The van der Waals surface area contributed by atoms with Gasteiger partial charge in [-0.3, -0.25) is 4.79 Å². The molecule has 1 aliphatic rings. The maximum absolute atomic E-state index is 13.1. The van der Waals surface area contributed by atoms with Gasteiger partial charge in [-0.2, -0.15) is 0 Å². The maximum atomic E-state index is 13.1. The summed E-state index contributed by atoms with van der Waals surface area (Å²) in [6.07, 6.45) is -1.09. The highest BCUT2D eigenvalue weighted by molar-refractivity contribution is 5.99. The van der Waals surface area contributed by atoms with Crippen molar-refractivity contribution in [3.05, 3.63) is 58.4 Å². The lowest BCUT2D eigenvalue weighted by Crippen LogP contribution is -2.44. The molecule has 1 fully saturated rings. The Bertz CT molecular complexity index is 915. The van der Waals surface area contributed by atoms with Crippen molar-refractivity contribution in [2.75, 3.05) is 32.9 Å². The molecule has 1 aliphatic heterocycles. The summed E-state index contributed by atoms with van der Waals surface area (Å²) in [6, 6.07) is 8.89. The Labute approximate surface area is 175 Å². The van der Waals surface area contributed by atoms with Gasteiger partial charge >= 0.3 is 11.9 Å². The number of aromatic nitrogens is 1. The van der Waals surface area contributed by atoms with Crippen LogP contribution in [0, 0.1) is 13.8 Å². The topological polar surface area (TPSA) is 97.9 Å². The molecule has 160 valence electrons. The Balaban J connectivity index is 1.88. The fourth-order valence-corrected chi connectivity index (χ4v) is 3.47. The van der Waals surface area contributed by atoms with Gasteiger partial charge in [0.25, 0.3) is 5.91 Å². The van der Waals surface area contributed by atoms with Crippen LogP contribution in [0.4, 0.5) is 0 Å². The number of nitrogens with one attached hydrogen (secondary N) is 1. The molecule has 0 aliphatic carbocycles. The van der Waals surface area contributed by atoms with Gasteiger partial charge < -0.3 is 24.1 Å². The van der Waals surface area contributed by atoms with Crippen molar-refractivity contribution in [1.82, 2.24) is 9.88 Å². The van der Waals surface area contributed by atoms with Gasteiger partial charge in [0.1, 0.15) is 5.69 Å². The van der Waals surface area contributed by atoms with Crippen molar-refractivity contribution in [2.24, 2.45) is 0 Å². The van der Waals surface area contributed by atoms with Crippen LogP contribution < -0.4 is 0 Å². The molecule has 1 saturated heterocycles. The lowest BCUT2D eigenvalue weighted by Gasteiger charge is -2.30. The number of aryl methyl sites for hydroxylation is 1. The van der Waals surface area contributed by atoms with Crippen LogP contribution in [0.3, 0.4) is 0 Å². The molecule has 3 rings (SSSR count). The van der Waals surface area contributed by atoms with Crippen LogP contribution in [0.1, 0.15) is 50.7 Å². The van der Waals surface area contributed by atoms with E-state index in [2.05, 4.69) is 4.98 Å². The molecule has 0 radical (unpaired) electrons. The van der Waals surface area contributed by atoms with E-state index in [0.717, 1.165) is 0 Å². The highest BCUT2D eigenvalue weighted by Gasteiger charge is 2.33. The van der Waals surface area contributed by atoms with Crippen molar-refractivity contribution >= 4 is 17.8 Å². The molecule has 1 aromatic heterocycles. The average Bonchev–Trinajstić information content (AvgIpc) is 3.07.